The second-order valence-corrected chi connectivity index (χ2v) is 9.79. The van der Waals surface area contributed by atoms with Crippen LogP contribution in [0.2, 0.25) is 0 Å². The van der Waals surface area contributed by atoms with Crippen molar-refractivity contribution < 1.29 is 4.74 Å². The van der Waals surface area contributed by atoms with Crippen molar-refractivity contribution in [1.82, 2.24) is 24.8 Å². The molecule has 6 rings (SSSR count). The maximum atomic E-state index is 5.57. The van der Waals surface area contributed by atoms with Gasteiger partial charge in [0, 0.05) is 39.2 Å². The minimum Gasteiger partial charge on any atom is -0.472 e. The van der Waals surface area contributed by atoms with E-state index >= 15 is 0 Å². The summed E-state index contributed by atoms with van der Waals surface area (Å²) < 4.78 is 7.35. The number of ether oxygens (including phenoxy) is 1. The summed E-state index contributed by atoms with van der Waals surface area (Å²) in [6, 6.07) is 28.5. The van der Waals surface area contributed by atoms with E-state index in [-0.39, 0.29) is 0 Å². The molecule has 0 fully saturated rings. The Kier molecular flexibility index (Phi) is 6.46. The van der Waals surface area contributed by atoms with E-state index in [0.29, 0.717) is 12.5 Å². The van der Waals surface area contributed by atoms with Gasteiger partial charge in [-0.1, -0.05) is 78.5 Å². The molecule has 0 aliphatic heterocycles. The fraction of sp³-hybridized carbons (Fsp3) is 0.0667. The molecule has 7 nitrogen and oxygen atoms in total. The summed E-state index contributed by atoms with van der Waals surface area (Å²) in [6.45, 7) is 6.16. The number of nitrogens with one attached hydrogen (secondary N) is 1. The van der Waals surface area contributed by atoms with Crippen molar-refractivity contribution in [2.75, 3.05) is 11.9 Å². The fourth-order valence-electron chi connectivity index (χ4n) is 4.13. The highest BCUT2D eigenvalue weighted by atomic mass is 32.2. The van der Waals surface area contributed by atoms with E-state index in [2.05, 4.69) is 87.6 Å². The standard InChI is InChI=1S/C30H24N6OS/c1-3-18-37-27-19-26-31-17-16-28(36(26)35-27)38-23-14-12-22(13-15-23)32-30-25-7-5-4-6-24(25)29(33-34-30)21-10-8-20(2)9-11-21/h3-17,19H,1,18H2,2H3,(H,32,34). The average molecular weight is 517 g/mol. The molecule has 8 heteroatoms. The van der Waals surface area contributed by atoms with Gasteiger partial charge < -0.3 is 10.1 Å². The van der Waals surface area contributed by atoms with Crippen molar-refractivity contribution in [2.45, 2.75) is 16.8 Å². The molecule has 6 aromatic rings. The molecule has 0 bridgehead atoms. The van der Waals surface area contributed by atoms with E-state index in [1.165, 1.54) is 5.56 Å². The largest absolute Gasteiger partial charge is 0.472 e. The zero-order chi connectivity index (χ0) is 25.9. The first kappa shape index (κ1) is 23.7. The van der Waals surface area contributed by atoms with Crippen LogP contribution >= 0.6 is 11.8 Å². The van der Waals surface area contributed by atoms with E-state index in [0.717, 1.165) is 49.1 Å². The average Bonchev–Trinajstić information content (AvgIpc) is 3.38. The molecule has 186 valence electrons. The Morgan fingerprint density at radius 3 is 2.53 bits per heavy atom. The Morgan fingerprint density at radius 1 is 0.947 bits per heavy atom. The second-order valence-electron chi connectivity index (χ2n) is 8.70. The molecule has 0 spiro atoms. The molecule has 0 radical (unpaired) electrons. The van der Waals surface area contributed by atoms with E-state index in [9.17, 15) is 0 Å². The first-order valence-electron chi connectivity index (χ1n) is 12.1. The second kappa shape index (κ2) is 10.4. The SMILES string of the molecule is C=CCOc1cc2nccc(Sc3ccc(Nc4nnc(-c5ccc(C)cc5)c5ccccc45)cc3)n2n1. The van der Waals surface area contributed by atoms with Gasteiger partial charge in [0.05, 0.1) is 0 Å². The molecular weight excluding hydrogens is 492 g/mol. The Balaban J connectivity index is 1.24. The first-order chi connectivity index (χ1) is 18.7. The van der Waals surface area contributed by atoms with Crippen molar-refractivity contribution >= 4 is 39.7 Å². The van der Waals surface area contributed by atoms with Crippen LogP contribution in [0, 0.1) is 6.92 Å². The van der Waals surface area contributed by atoms with Crippen LogP contribution in [0.5, 0.6) is 5.88 Å². The van der Waals surface area contributed by atoms with Gasteiger partial charge in [-0.25, -0.2) is 9.50 Å². The molecule has 1 N–H and O–H groups in total. The zero-order valence-corrected chi connectivity index (χ0v) is 21.5. The summed E-state index contributed by atoms with van der Waals surface area (Å²) in [7, 11) is 0. The van der Waals surface area contributed by atoms with Gasteiger partial charge in [0.25, 0.3) is 0 Å². The fourth-order valence-corrected chi connectivity index (χ4v) is 4.99. The summed E-state index contributed by atoms with van der Waals surface area (Å²) in [5.74, 6) is 1.24. The summed E-state index contributed by atoms with van der Waals surface area (Å²) in [5.41, 5.74) is 4.79. The molecule has 0 atom stereocenters. The van der Waals surface area contributed by atoms with Gasteiger partial charge in [-0.3, -0.25) is 0 Å². The molecular formula is C30H24N6OS. The smallest absolute Gasteiger partial charge is 0.235 e. The predicted molar refractivity (Wildman–Crippen MR) is 152 cm³/mol. The van der Waals surface area contributed by atoms with Crippen LogP contribution in [0.4, 0.5) is 11.5 Å². The van der Waals surface area contributed by atoms with Crippen LogP contribution in [0.3, 0.4) is 0 Å². The third-order valence-corrected chi connectivity index (χ3v) is 7.03. The third-order valence-electron chi connectivity index (χ3n) is 6.00. The number of rotatable bonds is 8. The number of benzene rings is 3. The molecule has 0 amide bonds. The van der Waals surface area contributed by atoms with Gasteiger partial charge in [-0.2, -0.15) is 0 Å². The molecule has 3 aromatic carbocycles. The number of nitrogens with zero attached hydrogens (tertiary/aromatic N) is 5. The quantitative estimate of drug-likeness (QED) is 0.171. The summed E-state index contributed by atoms with van der Waals surface area (Å²) in [4.78, 5) is 5.45. The van der Waals surface area contributed by atoms with Crippen molar-refractivity contribution in [1.29, 1.82) is 0 Å². The summed E-state index contributed by atoms with van der Waals surface area (Å²) >= 11 is 1.60. The van der Waals surface area contributed by atoms with Crippen molar-refractivity contribution in [3.63, 3.8) is 0 Å². The van der Waals surface area contributed by atoms with Gasteiger partial charge in [-0.05, 0) is 37.3 Å². The molecule has 3 heterocycles. The molecule has 38 heavy (non-hydrogen) atoms. The van der Waals surface area contributed by atoms with E-state index in [1.807, 2.05) is 36.4 Å². The van der Waals surface area contributed by atoms with Gasteiger partial charge in [0.15, 0.2) is 11.5 Å². The lowest BCUT2D eigenvalue weighted by molar-refractivity contribution is 0.346. The highest BCUT2D eigenvalue weighted by Gasteiger charge is 2.12. The zero-order valence-electron chi connectivity index (χ0n) is 20.7. The number of hydrogen-bond donors (Lipinski definition) is 1. The maximum absolute atomic E-state index is 5.57. The van der Waals surface area contributed by atoms with Crippen molar-refractivity contribution in [2.24, 2.45) is 0 Å². The Labute approximate surface area is 224 Å². The third kappa shape index (κ3) is 4.81. The monoisotopic (exact) mass is 516 g/mol. The van der Waals surface area contributed by atoms with Gasteiger partial charge in [0.1, 0.15) is 17.3 Å². The van der Waals surface area contributed by atoms with Crippen LogP contribution in [0.25, 0.3) is 27.7 Å². The Morgan fingerprint density at radius 2 is 1.74 bits per heavy atom. The van der Waals surface area contributed by atoms with Crippen LogP contribution in [0.1, 0.15) is 5.56 Å². The number of hydrogen-bond acceptors (Lipinski definition) is 7. The van der Waals surface area contributed by atoms with Crippen molar-refractivity contribution in [3.05, 3.63) is 109 Å². The van der Waals surface area contributed by atoms with Gasteiger partial charge >= 0.3 is 0 Å². The summed E-state index contributed by atoms with van der Waals surface area (Å²) in [5, 5.41) is 20.1. The predicted octanol–water partition coefficient (Wildman–Crippen LogP) is 7.11. The van der Waals surface area contributed by atoms with Crippen LogP contribution in [-0.2, 0) is 0 Å². The topological polar surface area (TPSA) is 77.2 Å². The van der Waals surface area contributed by atoms with Crippen LogP contribution in [0.15, 0.2) is 114 Å². The van der Waals surface area contributed by atoms with E-state index in [4.69, 9.17) is 4.74 Å². The molecule has 0 aliphatic carbocycles. The minimum absolute atomic E-state index is 0.398. The van der Waals surface area contributed by atoms with Crippen LogP contribution in [-0.4, -0.2) is 31.4 Å². The normalized spacial score (nSPS) is 11.1. The maximum Gasteiger partial charge on any atom is 0.235 e. The van der Waals surface area contributed by atoms with Gasteiger partial charge in [0.2, 0.25) is 5.88 Å². The molecule has 0 saturated carbocycles. The number of fused-ring (bicyclic) bond motifs is 2. The van der Waals surface area contributed by atoms with E-state index < -0.39 is 0 Å². The first-order valence-corrected chi connectivity index (χ1v) is 13.0. The Hall–Kier alpha value is -4.69. The lowest BCUT2D eigenvalue weighted by Gasteiger charge is -2.12. The number of aromatic nitrogens is 5. The summed E-state index contributed by atoms with van der Waals surface area (Å²) in [6.07, 6.45) is 3.46. The van der Waals surface area contributed by atoms with Crippen molar-refractivity contribution in [3.8, 4) is 17.1 Å². The van der Waals surface area contributed by atoms with Crippen LogP contribution < -0.4 is 10.1 Å². The minimum atomic E-state index is 0.398. The van der Waals surface area contributed by atoms with E-state index in [1.54, 1.807) is 28.6 Å². The molecule has 0 unspecified atom stereocenters. The number of aryl methyl sites for hydroxylation is 1. The Bertz CT molecular complexity index is 1750. The highest BCUT2D eigenvalue weighted by molar-refractivity contribution is 7.99. The number of anilines is 2. The molecule has 3 aromatic heterocycles. The molecule has 0 aliphatic rings. The lowest BCUT2D eigenvalue weighted by atomic mass is 10.0. The molecule has 0 saturated heterocycles. The lowest BCUT2D eigenvalue weighted by Crippen LogP contribution is -1.99. The van der Waals surface area contributed by atoms with Gasteiger partial charge in [-0.15, -0.1) is 15.3 Å². The highest BCUT2D eigenvalue weighted by Crippen LogP contribution is 2.33.